The first-order valence-corrected chi connectivity index (χ1v) is 9.51. The van der Waals surface area contributed by atoms with Gasteiger partial charge in [0.25, 0.3) is 0 Å². The second-order valence-corrected chi connectivity index (χ2v) is 9.38. The Hall–Kier alpha value is -0.910. The van der Waals surface area contributed by atoms with Crippen molar-refractivity contribution in [3.63, 3.8) is 0 Å². The molecule has 3 aliphatic carbocycles. The first-order chi connectivity index (χ1) is 11.5. The van der Waals surface area contributed by atoms with Crippen molar-refractivity contribution in [1.29, 1.82) is 0 Å². The van der Waals surface area contributed by atoms with E-state index in [0.29, 0.717) is 19.3 Å². The van der Waals surface area contributed by atoms with Gasteiger partial charge < -0.3 is 20.4 Å². The van der Waals surface area contributed by atoms with Crippen LogP contribution in [-0.2, 0) is 4.79 Å². The van der Waals surface area contributed by atoms with E-state index in [0.717, 1.165) is 18.4 Å². The Labute approximate surface area is 149 Å². The van der Waals surface area contributed by atoms with Crippen LogP contribution in [0.4, 0.5) is 0 Å². The molecular weight excluding hydrogens is 320 g/mol. The first kappa shape index (κ1) is 18.9. The van der Waals surface area contributed by atoms with E-state index in [1.807, 2.05) is 20.8 Å². The molecule has 0 aromatic rings. The summed E-state index contributed by atoms with van der Waals surface area (Å²) in [5.74, 6) is -1.18. The van der Waals surface area contributed by atoms with Crippen molar-refractivity contribution in [3.8, 4) is 0 Å². The third-order valence-corrected chi connectivity index (χ3v) is 7.82. The van der Waals surface area contributed by atoms with E-state index in [1.54, 1.807) is 6.08 Å². The van der Waals surface area contributed by atoms with Crippen molar-refractivity contribution in [3.05, 3.63) is 11.6 Å². The lowest BCUT2D eigenvalue weighted by Gasteiger charge is -2.60. The summed E-state index contributed by atoms with van der Waals surface area (Å²) in [5, 5.41) is 42.3. The highest BCUT2D eigenvalue weighted by molar-refractivity contribution is 5.75. The first-order valence-electron chi connectivity index (χ1n) is 9.51. The zero-order chi connectivity index (χ0) is 18.8. The molecule has 0 aromatic heterocycles. The van der Waals surface area contributed by atoms with Gasteiger partial charge >= 0.3 is 5.97 Å². The van der Waals surface area contributed by atoms with Crippen LogP contribution in [0, 0.1) is 28.6 Å². The monoisotopic (exact) mass is 352 g/mol. The molecule has 0 heterocycles. The number of fused-ring (bicyclic) bond motifs is 3. The zero-order valence-electron chi connectivity index (χ0n) is 15.7. The van der Waals surface area contributed by atoms with E-state index in [2.05, 4.69) is 6.92 Å². The van der Waals surface area contributed by atoms with Gasteiger partial charge in [0.2, 0.25) is 0 Å². The second-order valence-electron chi connectivity index (χ2n) is 9.38. The Bertz CT molecular complexity index is 599. The molecule has 0 aliphatic heterocycles. The fraction of sp³-hybridized carbons (Fsp3) is 0.850. The fourth-order valence-electron chi connectivity index (χ4n) is 6.02. The minimum absolute atomic E-state index is 0.0887. The molecule has 0 saturated heterocycles. The van der Waals surface area contributed by atoms with E-state index >= 15 is 0 Å². The molecular formula is C20H32O5. The topological polar surface area (TPSA) is 98.0 Å². The van der Waals surface area contributed by atoms with Crippen LogP contribution >= 0.6 is 0 Å². The third kappa shape index (κ3) is 2.50. The summed E-state index contributed by atoms with van der Waals surface area (Å²) in [4.78, 5) is 12.0. The van der Waals surface area contributed by atoms with Gasteiger partial charge in [0.15, 0.2) is 0 Å². The summed E-state index contributed by atoms with van der Waals surface area (Å²) >= 11 is 0. The number of aliphatic hydroxyl groups excluding tert-OH is 2. The van der Waals surface area contributed by atoms with Gasteiger partial charge in [0.1, 0.15) is 5.60 Å². The number of aliphatic hydroxyl groups is 3. The average Bonchev–Trinajstić information content (AvgIpc) is 2.51. The van der Waals surface area contributed by atoms with Crippen LogP contribution in [0.2, 0.25) is 0 Å². The normalized spacial score (nSPS) is 50.0. The summed E-state index contributed by atoms with van der Waals surface area (Å²) in [6.07, 6.45) is 3.17. The maximum Gasteiger partial charge on any atom is 0.309 e. The van der Waals surface area contributed by atoms with Crippen LogP contribution in [0.5, 0.6) is 0 Å². The van der Waals surface area contributed by atoms with Crippen molar-refractivity contribution >= 4 is 5.97 Å². The lowest BCUT2D eigenvalue weighted by atomic mass is 9.44. The standard InChI is InChI=1S/C20H32O5/c1-11(2)20(25)10-12-13(8-16(20)22)18(3)6-5-7-19(4,17(23)24)15(18)9-14(12)21/h10-11,13-16,21-22,25H,5-9H2,1-4H3,(H,23,24)/t13?,14-,15-,16+,18-,19-,20+/m1/s1. The van der Waals surface area contributed by atoms with E-state index in [1.165, 1.54) is 0 Å². The summed E-state index contributed by atoms with van der Waals surface area (Å²) < 4.78 is 0. The highest BCUT2D eigenvalue weighted by Gasteiger charge is 2.61. The molecule has 0 spiro atoms. The Morgan fingerprint density at radius 3 is 2.40 bits per heavy atom. The zero-order valence-corrected chi connectivity index (χ0v) is 15.7. The Morgan fingerprint density at radius 1 is 1.20 bits per heavy atom. The number of aliphatic carboxylic acids is 1. The van der Waals surface area contributed by atoms with Crippen molar-refractivity contribution in [1.82, 2.24) is 0 Å². The van der Waals surface area contributed by atoms with Crippen LogP contribution in [0.15, 0.2) is 11.6 Å². The molecule has 5 heteroatoms. The number of hydrogen-bond acceptors (Lipinski definition) is 4. The van der Waals surface area contributed by atoms with Crippen molar-refractivity contribution in [2.45, 2.75) is 77.6 Å². The summed E-state index contributed by atoms with van der Waals surface area (Å²) in [6.45, 7) is 7.66. The van der Waals surface area contributed by atoms with E-state index in [-0.39, 0.29) is 23.2 Å². The van der Waals surface area contributed by atoms with Gasteiger partial charge in [-0.15, -0.1) is 0 Å². The number of carboxylic acids is 1. The number of rotatable bonds is 2. The molecule has 5 nitrogen and oxygen atoms in total. The third-order valence-electron chi connectivity index (χ3n) is 7.82. The van der Waals surface area contributed by atoms with E-state index < -0.39 is 29.2 Å². The van der Waals surface area contributed by atoms with Crippen LogP contribution < -0.4 is 0 Å². The molecule has 142 valence electrons. The molecule has 25 heavy (non-hydrogen) atoms. The van der Waals surface area contributed by atoms with Crippen LogP contribution in [0.1, 0.15) is 59.8 Å². The molecule has 0 bridgehead atoms. The SMILES string of the molecule is CC(C)[C@@]1(O)C=C2C(C[C@@H]1O)[C@@]1(C)CCC[C@@](C)(C(=O)O)[C@@H]1C[C@H]2O. The van der Waals surface area contributed by atoms with Crippen LogP contribution in [0.3, 0.4) is 0 Å². The fourth-order valence-corrected chi connectivity index (χ4v) is 6.02. The molecule has 0 aromatic carbocycles. The summed E-state index contributed by atoms with van der Waals surface area (Å²) in [5.41, 5.74) is -1.66. The molecule has 2 fully saturated rings. The molecule has 3 aliphatic rings. The maximum atomic E-state index is 12.0. The molecule has 3 rings (SSSR count). The Morgan fingerprint density at radius 2 is 1.84 bits per heavy atom. The quantitative estimate of drug-likeness (QED) is 0.572. The molecule has 2 saturated carbocycles. The lowest BCUT2D eigenvalue weighted by Crippen LogP contribution is -2.60. The minimum Gasteiger partial charge on any atom is -0.481 e. The van der Waals surface area contributed by atoms with Gasteiger partial charge in [-0.3, -0.25) is 4.79 Å². The van der Waals surface area contributed by atoms with Gasteiger partial charge in [0.05, 0.1) is 17.6 Å². The highest BCUT2D eigenvalue weighted by atomic mass is 16.4. The highest BCUT2D eigenvalue weighted by Crippen LogP contribution is 2.63. The number of hydrogen-bond donors (Lipinski definition) is 4. The van der Waals surface area contributed by atoms with Gasteiger partial charge in [0, 0.05) is 0 Å². The second kappa shape index (κ2) is 5.80. The van der Waals surface area contributed by atoms with E-state index in [4.69, 9.17) is 0 Å². The smallest absolute Gasteiger partial charge is 0.309 e. The average molecular weight is 352 g/mol. The van der Waals surface area contributed by atoms with Gasteiger partial charge in [-0.05, 0) is 67.4 Å². The molecule has 1 unspecified atom stereocenters. The van der Waals surface area contributed by atoms with Crippen molar-refractivity contribution < 1.29 is 25.2 Å². The van der Waals surface area contributed by atoms with E-state index in [9.17, 15) is 25.2 Å². The largest absolute Gasteiger partial charge is 0.481 e. The number of carbonyl (C=O) groups is 1. The van der Waals surface area contributed by atoms with Crippen LogP contribution in [-0.4, -0.2) is 44.2 Å². The maximum absolute atomic E-state index is 12.0. The Balaban J connectivity index is 2.08. The van der Waals surface area contributed by atoms with Crippen LogP contribution in [0.25, 0.3) is 0 Å². The van der Waals surface area contributed by atoms with Crippen molar-refractivity contribution in [2.24, 2.45) is 28.6 Å². The minimum atomic E-state index is -1.33. The lowest BCUT2D eigenvalue weighted by molar-refractivity contribution is -0.172. The molecule has 0 amide bonds. The van der Waals surface area contributed by atoms with Gasteiger partial charge in [-0.1, -0.05) is 27.2 Å². The predicted octanol–water partition coefficient (Wildman–Crippen LogP) is 2.34. The van der Waals surface area contributed by atoms with Crippen molar-refractivity contribution in [2.75, 3.05) is 0 Å². The molecule has 0 radical (unpaired) electrons. The molecule has 7 atom stereocenters. The van der Waals surface area contributed by atoms with Gasteiger partial charge in [-0.25, -0.2) is 0 Å². The number of carboxylic acid groups (broad SMARTS) is 1. The predicted molar refractivity (Wildman–Crippen MR) is 93.8 cm³/mol. The molecule has 4 N–H and O–H groups in total. The summed E-state index contributed by atoms with van der Waals surface area (Å²) in [6, 6.07) is 0. The Kier molecular flexibility index (Phi) is 4.37. The van der Waals surface area contributed by atoms with Gasteiger partial charge in [-0.2, -0.15) is 0 Å². The summed E-state index contributed by atoms with van der Waals surface area (Å²) in [7, 11) is 0.